The molecule has 91 valence electrons. The minimum atomic E-state index is 0.498. The highest BCUT2D eigenvalue weighted by Gasteiger charge is 2.06. The van der Waals surface area contributed by atoms with Gasteiger partial charge < -0.3 is 15.1 Å². The molecule has 0 aliphatic carbocycles. The molecule has 0 heterocycles. The van der Waals surface area contributed by atoms with Crippen molar-refractivity contribution in [3.05, 3.63) is 54.6 Å². The first-order chi connectivity index (χ1) is 8.90. The first-order valence-corrected chi connectivity index (χ1v) is 5.87. The second kappa shape index (κ2) is 6.84. The highest BCUT2D eigenvalue weighted by molar-refractivity contribution is 6.48. The van der Waals surface area contributed by atoms with E-state index >= 15 is 0 Å². The topological polar surface area (TPSA) is 44.5 Å². The maximum absolute atomic E-state index is 5.80. The molecule has 0 saturated heterocycles. The molecule has 0 fully saturated rings. The molecule has 4 heteroatoms. The van der Waals surface area contributed by atoms with Gasteiger partial charge in [-0.1, -0.05) is 36.4 Å². The van der Waals surface area contributed by atoms with Gasteiger partial charge in [-0.3, -0.25) is 0 Å². The van der Waals surface area contributed by atoms with Gasteiger partial charge in [0.25, 0.3) is 0 Å². The van der Waals surface area contributed by atoms with Crippen LogP contribution in [0.25, 0.3) is 0 Å². The number of benzene rings is 2. The number of para-hydroxylation sites is 2. The van der Waals surface area contributed by atoms with Crippen molar-refractivity contribution in [1.82, 2.24) is 0 Å². The van der Waals surface area contributed by atoms with Gasteiger partial charge in [0.1, 0.15) is 11.5 Å². The van der Waals surface area contributed by atoms with Gasteiger partial charge >= 0.3 is 7.48 Å². The van der Waals surface area contributed by atoms with Crippen LogP contribution in [0.1, 0.15) is 0 Å². The largest absolute Gasteiger partial charge is 0.458 e. The number of nitrogens with two attached hydrogens (primary N) is 1. The Hall–Kier alpha value is -1.78. The molecule has 18 heavy (non-hydrogen) atoms. The molecule has 2 aromatic rings. The molecule has 0 aromatic heterocycles. The van der Waals surface area contributed by atoms with Crippen LogP contribution in [0.15, 0.2) is 54.6 Å². The van der Waals surface area contributed by atoms with Crippen molar-refractivity contribution in [1.29, 1.82) is 0 Å². The molecule has 0 amide bonds. The highest BCUT2D eigenvalue weighted by Crippen LogP contribution is 2.18. The van der Waals surface area contributed by atoms with Crippen LogP contribution >= 0.6 is 0 Å². The Morgan fingerprint density at radius 2 is 1.67 bits per heavy atom. The molecular weight excluding hydrogens is 225 g/mol. The van der Waals surface area contributed by atoms with Crippen LogP contribution in [0.5, 0.6) is 11.5 Å². The van der Waals surface area contributed by atoms with Crippen LogP contribution in [0, 0.1) is 0 Å². The van der Waals surface area contributed by atoms with Crippen molar-refractivity contribution in [2.24, 2.45) is 5.73 Å². The molecule has 0 unspecified atom stereocenters. The summed E-state index contributed by atoms with van der Waals surface area (Å²) in [5, 5.41) is 0. The summed E-state index contributed by atoms with van der Waals surface area (Å²) in [6.45, 7) is 0.998. The number of ether oxygens (including phenoxy) is 1. The molecule has 2 N–H and O–H groups in total. The number of hydrogen-bond acceptors (Lipinski definition) is 3. The summed E-state index contributed by atoms with van der Waals surface area (Å²) in [6.07, 6.45) is 0. The Kier molecular flexibility index (Phi) is 4.82. The van der Waals surface area contributed by atoms with Crippen molar-refractivity contribution in [2.45, 2.75) is 0 Å². The van der Waals surface area contributed by atoms with Crippen molar-refractivity contribution >= 4 is 12.9 Å². The van der Waals surface area contributed by atoms with Crippen molar-refractivity contribution < 1.29 is 9.39 Å². The Bertz CT molecular complexity index is 476. The lowest BCUT2D eigenvalue weighted by Gasteiger charge is -2.10. The smallest absolute Gasteiger partial charge is 0.333 e. The zero-order chi connectivity index (χ0) is 12.6. The summed E-state index contributed by atoms with van der Waals surface area (Å²) in [5.41, 5.74) is 6.28. The summed E-state index contributed by atoms with van der Waals surface area (Å²) in [6, 6.07) is 17.4. The van der Waals surface area contributed by atoms with Crippen LogP contribution in [0.4, 0.5) is 0 Å². The van der Waals surface area contributed by atoms with Gasteiger partial charge in [-0.15, -0.1) is 0 Å². The second-order valence-corrected chi connectivity index (χ2v) is 3.73. The van der Waals surface area contributed by atoms with Gasteiger partial charge in [-0.2, -0.15) is 0 Å². The second-order valence-electron chi connectivity index (χ2n) is 3.73. The SMILES string of the molecule is NCCO[B]c1ccccc1Oc1ccccc1. The predicted octanol–water partition coefficient (Wildman–Crippen LogP) is 1.70. The third-order valence-electron chi connectivity index (χ3n) is 2.34. The monoisotopic (exact) mass is 240 g/mol. The predicted molar refractivity (Wildman–Crippen MR) is 73.4 cm³/mol. The van der Waals surface area contributed by atoms with Crippen molar-refractivity contribution in [2.75, 3.05) is 13.2 Å². The maximum atomic E-state index is 5.80. The molecule has 0 atom stereocenters. The van der Waals surface area contributed by atoms with Crippen LogP contribution in [-0.2, 0) is 4.65 Å². The van der Waals surface area contributed by atoms with Crippen LogP contribution in [0.3, 0.4) is 0 Å². The maximum Gasteiger partial charge on any atom is 0.333 e. The molecule has 0 aliphatic rings. The van der Waals surface area contributed by atoms with E-state index in [-0.39, 0.29) is 0 Å². The molecule has 0 aliphatic heterocycles. The fourth-order valence-corrected chi connectivity index (χ4v) is 1.50. The standard InChI is InChI=1S/C14H15BNO2/c16-10-11-17-15-13-8-4-5-9-14(13)18-12-6-2-1-3-7-12/h1-9H,10-11,16H2. The first-order valence-electron chi connectivity index (χ1n) is 5.87. The molecule has 0 spiro atoms. The molecule has 1 radical (unpaired) electrons. The van der Waals surface area contributed by atoms with E-state index in [2.05, 4.69) is 0 Å². The molecular formula is C14H15BNO2. The van der Waals surface area contributed by atoms with E-state index in [1.807, 2.05) is 54.6 Å². The number of rotatable bonds is 6. The van der Waals surface area contributed by atoms with Crippen molar-refractivity contribution in [3.63, 3.8) is 0 Å². The normalized spacial score (nSPS) is 10.1. The average Bonchev–Trinajstić information content (AvgIpc) is 2.42. The van der Waals surface area contributed by atoms with E-state index in [1.54, 1.807) is 7.48 Å². The Morgan fingerprint density at radius 3 is 2.44 bits per heavy atom. The first kappa shape index (κ1) is 12.7. The minimum absolute atomic E-state index is 0.498. The third kappa shape index (κ3) is 3.62. The van der Waals surface area contributed by atoms with Gasteiger partial charge in [0, 0.05) is 13.2 Å². The Balaban J connectivity index is 2.07. The van der Waals surface area contributed by atoms with E-state index in [4.69, 9.17) is 15.1 Å². The third-order valence-corrected chi connectivity index (χ3v) is 2.34. The molecule has 3 nitrogen and oxygen atoms in total. The lowest BCUT2D eigenvalue weighted by Crippen LogP contribution is -2.22. The minimum Gasteiger partial charge on any atom is -0.458 e. The average molecular weight is 240 g/mol. The van der Waals surface area contributed by atoms with E-state index < -0.39 is 0 Å². The summed E-state index contributed by atoms with van der Waals surface area (Å²) in [7, 11) is 1.67. The number of hydrogen-bond donors (Lipinski definition) is 1. The van der Waals surface area contributed by atoms with Gasteiger partial charge in [-0.25, -0.2) is 0 Å². The van der Waals surface area contributed by atoms with Crippen LogP contribution < -0.4 is 15.9 Å². The summed E-state index contributed by atoms with van der Waals surface area (Å²) < 4.78 is 11.1. The summed E-state index contributed by atoms with van der Waals surface area (Å²) in [5.74, 6) is 1.57. The van der Waals surface area contributed by atoms with E-state index in [0.717, 1.165) is 17.0 Å². The van der Waals surface area contributed by atoms with E-state index in [0.29, 0.717) is 13.2 Å². The zero-order valence-corrected chi connectivity index (χ0v) is 10.1. The fraction of sp³-hybridized carbons (Fsp3) is 0.143. The Labute approximate surface area is 108 Å². The molecule has 0 bridgehead atoms. The Morgan fingerprint density at radius 1 is 0.944 bits per heavy atom. The quantitative estimate of drug-likeness (QED) is 0.617. The fourth-order valence-electron chi connectivity index (χ4n) is 1.50. The van der Waals surface area contributed by atoms with Gasteiger partial charge in [0.05, 0.1) is 0 Å². The van der Waals surface area contributed by atoms with Crippen LogP contribution in [0.2, 0.25) is 0 Å². The van der Waals surface area contributed by atoms with Gasteiger partial charge in [0.2, 0.25) is 0 Å². The molecule has 2 aromatic carbocycles. The van der Waals surface area contributed by atoms with Gasteiger partial charge in [0.15, 0.2) is 0 Å². The summed E-state index contributed by atoms with van der Waals surface area (Å²) >= 11 is 0. The summed E-state index contributed by atoms with van der Waals surface area (Å²) in [4.78, 5) is 0. The zero-order valence-electron chi connectivity index (χ0n) is 10.1. The van der Waals surface area contributed by atoms with E-state index in [9.17, 15) is 0 Å². The highest BCUT2D eigenvalue weighted by atomic mass is 16.5. The molecule has 0 saturated carbocycles. The lowest BCUT2D eigenvalue weighted by atomic mass is 9.87. The lowest BCUT2D eigenvalue weighted by molar-refractivity contribution is 0.353. The molecule has 2 rings (SSSR count). The van der Waals surface area contributed by atoms with Crippen LogP contribution in [-0.4, -0.2) is 20.6 Å². The van der Waals surface area contributed by atoms with E-state index in [1.165, 1.54) is 0 Å². The van der Waals surface area contributed by atoms with Crippen molar-refractivity contribution in [3.8, 4) is 11.5 Å². The van der Waals surface area contributed by atoms with Gasteiger partial charge in [-0.05, 0) is 23.7 Å².